The van der Waals surface area contributed by atoms with Gasteiger partial charge in [0.05, 0.1) is 6.21 Å². The molecule has 104 valence electrons. The van der Waals surface area contributed by atoms with Crippen LogP contribution in [0.2, 0.25) is 0 Å². The second-order valence-electron chi connectivity index (χ2n) is 6.48. The number of carbonyl (C=O) groups excluding carboxylic acids is 1. The average Bonchev–Trinajstić information content (AvgIpc) is 2.92. The van der Waals surface area contributed by atoms with Crippen LogP contribution in [0.25, 0.3) is 0 Å². The van der Waals surface area contributed by atoms with E-state index < -0.39 is 0 Å². The second-order valence-corrected chi connectivity index (χ2v) is 6.48. The number of hydrogen-bond donors (Lipinski definition) is 1. The lowest BCUT2D eigenvalue weighted by molar-refractivity contribution is -0.130. The van der Waals surface area contributed by atoms with E-state index in [0.717, 1.165) is 25.2 Å². The summed E-state index contributed by atoms with van der Waals surface area (Å²) in [6, 6.07) is 0. The Morgan fingerprint density at radius 2 is 2.42 bits per heavy atom. The fourth-order valence-electron chi connectivity index (χ4n) is 3.57. The van der Waals surface area contributed by atoms with Crippen molar-refractivity contribution < 1.29 is 9.53 Å². The Balaban J connectivity index is 1.55. The van der Waals surface area contributed by atoms with E-state index in [9.17, 15) is 4.79 Å². The Labute approximate surface area is 114 Å². The lowest BCUT2D eigenvalue weighted by atomic mass is 9.49. The number of ether oxygens (including phenoxy) is 1. The monoisotopic (exact) mass is 262 g/mol. The smallest absolute Gasteiger partial charge is 0.269 e. The van der Waals surface area contributed by atoms with Crippen molar-refractivity contribution in [1.82, 2.24) is 5.43 Å². The van der Waals surface area contributed by atoms with Crippen LogP contribution in [0.4, 0.5) is 0 Å². The van der Waals surface area contributed by atoms with Gasteiger partial charge in [0.2, 0.25) is 0 Å². The van der Waals surface area contributed by atoms with Crippen LogP contribution in [-0.2, 0) is 9.53 Å². The van der Waals surface area contributed by atoms with Crippen LogP contribution in [0.3, 0.4) is 0 Å². The first-order valence-corrected chi connectivity index (χ1v) is 7.23. The summed E-state index contributed by atoms with van der Waals surface area (Å²) in [5, 5.41) is 4.11. The molecule has 2 fully saturated rings. The Hall–Kier alpha value is -1.16. The van der Waals surface area contributed by atoms with Gasteiger partial charge in [0.15, 0.2) is 0 Å². The molecule has 1 saturated carbocycles. The van der Waals surface area contributed by atoms with E-state index in [1.54, 1.807) is 0 Å². The second kappa shape index (κ2) is 4.75. The molecule has 4 heteroatoms. The van der Waals surface area contributed by atoms with Crippen LogP contribution in [-0.4, -0.2) is 24.8 Å². The average molecular weight is 262 g/mol. The van der Waals surface area contributed by atoms with E-state index in [-0.39, 0.29) is 12.0 Å². The molecule has 4 aliphatic rings. The third-order valence-corrected chi connectivity index (χ3v) is 5.12. The molecule has 3 atom stereocenters. The van der Waals surface area contributed by atoms with Crippen molar-refractivity contribution in [2.75, 3.05) is 6.61 Å². The van der Waals surface area contributed by atoms with Crippen LogP contribution in [0.15, 0.2) is 16.8 Å². The maximum atomic E-state index is 11.7. The van der Waals surface area contributed by atoms with E-state index in [0.29, 0.717) is 17.9 Å². The van der Waals surface area contributed by atoms with E-state index in [1.807, 2.05) is 6.21 Å². The number of rotatable bonds is 3. The molecule has 0 radical (unpaired) electrons. The summed E-state index contributed by atoms with van der Waals surface area (Å²) in [5.41, 5.74) is 4.28. The third-order valence-electron chi connectivity index (χ3n) is 5.12. The number of carbonyl (C=O) groups is 1. The van der Waals surface area contributed by atoms with Gasteiger partial charge in [-0.2, -0.15) is 5.10 Å². The van der Waals surface area contributed by atoms with Crippen LogP contribution >= 0.6 is 0 Å². The summed E-state index contributed by atoms with van der Waals surface area (Å²) in [6.07, 6.45) is 7.98. The molecular weight excluding hydrogens is 240 g/mol. The van der Waals surface area contributed by atoms with Crippen molar-refractivity contribution in [2.24, 2.45) is 22.4 Å². The number of fused-ring (bicyclic) bond motifs is 1. The zero-order chi connectivity index (χ0) is 13.5. The first kappa shape index (κ1) is 12.9. The van der Waals surface area contributed by atoms with Gasteiger partial charge in [0.25, 0.3) is 5.91 Å². The Kier molecular flexibility index (Phi) is 3.21. The molecule has 0 spiro atoms. The quantitative estimate of drug-likeness (QED) is 0.626. The normalized spacial score (nSPS) is 35.9. The number of amides is 1. The molecule has 1 amide bonds. The molecule has 0 aromatic rings. The summed E-state index contributed by atoms with van der Waals surface area (Å²) in [4.78, 5) is 11.7. The van der Waals surface area contributed by atoms with Gasteiger partial charge in [-0.3, -0.25) is 4.79 Å². The number of hydrogen-bond acceptors (Lipinski definition) is 3. The maximum Gasteiger partial charge on any atom is 0.269 e. The fourth-order valence-corrected chi connectivity index (χ4v) is 3.57. The van der Waals surface area contributed by atoms with Crippen LogP contribution in [0, 0.1) is 17.3 Å². The predicted molar refractivity (Wildman–Crippen MR) is 73.7 cm³/mol. The molecule has 4 rings (SSSR count). The molecule has 2 bridgehead atoms. The fraction of sp³-hybridized carbons (Fsp3) is 0.733. The minimum Gasteiger partial charge on any atom is -0.368 e. The molecule has 1 aliphatic heterocycles. The minimum atomic E-state index is -0.304. The van der Waals surface area contributed by atoms with E-state index in [2.05, 4.69) is 30.5 Å². The number of allylic oxidation sites excluding steroid dienone is 2. The van der Waals surface area contributed by atoms with Gasteiger partial charge in [-0.15, -0.1) is 0 Å². The van der Waals surface area contributed by atoms with Gasteiger partial charge < -0.3 is 4.74 Å². The Bertz CT molecular complexity index is 433. The first-order valence-electron chi connectivity index (χ1n) is 7.23. The van der Waals surface area contributed by atoms with E-state index >= 15 is 0 Å². The van der Waals surface area contributed by atoms with Gasteiger partial charge in [0.1, 0.15) is 6.10 Å². The van der Waals surface area contributed by atoms with Gasteiger partial charge in [-0.1, -0.05) is 19.9 Å². The lowest BCUT2D eigenvalue weighted by Crippen LogP contribution is -2.48. The summed E-state index contributed by atoms with van der Waals surface area (Å²) in [6.45, 7) is 5.35. The topological polar surface area (TPSA) is 50.7 Å². The van der Waals surface area contributed by atoms with E-state index in [4.69, 9.17) is 4.74 Å². The van der Waals surface area contributed by atoms with Crippen molar-refractivity contribution in [1.29, 1.82) is 0 Å². The standard InChI is InChI=1S/C15H22N2O2/c1-15(2)11-6-5-10(12(15)8-11)9-16-17-14(18)13-4-3-7-19-13/h5,9,11-13H,3-4,6-8H2,1-2H3,(H,17,18). The molecule has 1 N–H and O–H groups in total. The highest BCUT2D eigenvalue weighted by Crippen LogP contribution is 2.58. The summed E-state index contributed by atoms with van der Waals surface area (Å²) < 4.78 is 5.32. The largest absolute Gasteiger partial charge is 0.368 e. The van der Waals surface area contributed by atoms with Gasteiger partial charge in [-0.25, -0.2) is 5.43 Å². The third kappa shape index (κ3) is 2.22. The summed E-state index contributed by atoms with van der Waals surface area (Å²) >= 11 is 0. The van der Waals surface area contributed by atoms with Gasteiger partial charge in [-0.05, 0) is 48.5 Å². The molecule has 4 nitrogen and oxygen atoms in total. The Morgan fingerprint density at radius 3 is 3.05 bits per heavy atom. The van der Waals surface area contributed by atoms with Crippen molar-refractivity contribution >= 4 is 12.1 Å². The maximum absolute atomic E-state index is 11.7. The van der Waals surface area contributed by atoms with Crippen LogP contribution < -0.4 is 5.43 Å². The van der Waals surface area contributed by atoms with Crippen molar-refractivity contribution in [2.45, 2.75) is 45.6 Å². The van der Waals surface area contributed by atoms with Gasteiger partial charge >= 0.3 is 0 Å². The molecule has 1 saturated heterocycles. The lowest BCUT2D eigenvalue weighted by Gasteiger charge is -2.55. The predicted octanol–water partition coefficient (Wildman–Crippen LogP) is 2.26. The summed E-state index contributed by atoms with van der Waals surface area (Å²) in [7, 11) is 0. The zero-order valence-corrected chi connectivity index (χ0v) is 11.7. The highest BCUT2D eigenvalue weighted by Gasteiger charge is 2.50. The zero-order valence-electron chi connectivity index (χ0n) is 11.7. The number of hydrazone groups is 1. The SMILES string of the molecule is CC1(C)C2CC=C(C=NNC(=O)C3CCCO3)C1C2. The molecular formula is C15H22N2O2. The minimum absolute atomic E-state index is 0.115. The van der Waals surface area contributed by atoms with Crippen molar-refractivity contribution in [3.05, 3.63) is 11.6 Å². The van der Waals surface area contributed by atoms with Crippen LogP contribution in [0.5, 0.6) is 0 Å². The molecule has 1 heterocycles. The van der Waals surface area contributed by atoms with Crippen molar-refractivity contribution in [3.8, 4) is 0 Å². The molecule has 3 aliphatic carbocycles. The summed E-state index contributed by atoms with van der Waals surface area (Å²) in [5.74, 6) is 1.32. The van der Waals surface area contributed by atoms with Crippen LogP contribution in [0.1, 0.15) is 39.5 Å². The first-order chi connectivity index (χ1) is 9.09. The van der Waals surface area contributed by atoms with Crippen molar-refractivity contribution in [3.63, 3.8) is 0 Å². The molecule has 3 unspecified atom stereocenters. The molecule has 0 aromatic carbocycles. The molecule has 19 heavy (non-hydrogen) atoms. The molecule has 0 aromatic heterocycles. The highest BCUT2D eigenvalue weighted by atomic mass is 16.5. The van der Waals surface area contributed by atoms with Gasteiger partial charge in [0, 0.05) is 6.61 Å². The number of nitrogens with one attached hydrogen (secondary N) is 1. The highest BCUT2D eigenvalue weighted by molar-refractivity contribution is 5.84. The van der Waals surface area contributed by atoms with E-state index in [1.165, 1.54) is 12.0 Å². The Morgan fingerprint density at radius 1 is 1.58 bits per heavy atom. The number of nitrogens with zero attached hydrogens (tertiary/aromatic N) is 1.